The Bertz CT molecular complexity index is 733. The van der Waals surface area contributed by atoms with Gasteiger partial charge in [-0.1, -0.05) is 0 Å². The van der Waals surface area contributed by atoms with Gasteiger partial charge in [-0.25, -0.2) is 8.78 Å². The SMILES string of the molecule is CNC(=O)C(C)(C)Cn1c(=S)[nH]c2ccc(F)c(F)c21. The second kappa shape index (κ2) is 4.97. The van der Waals surface area contributed by atoms with E-state index >= 15 is 0 Å². The number of amides is 1. The van der Waals surface area contributed by atoms with Gasteiger partial charge in [-0.05, 0) is 38.2 Å². The molecular formula is C13H15F2N3OS. The molecule has 20 heavy (non-hydrogen) atoms. The summed E-state index contributed by atoms with van der Waals surface area (Å²) < 4.78 is 29.0. The van der Waals surface area contributed by atoms with Gasteiger partial charge in [-0.15, -0.1) is 0 Å². The third kappa shape index (κ3) is 2.33. The van der Waals surface area contributed by atoms with E-state index in [0.29, 0.717) is 5.52 Å². The van der Waals surface area contributed by atoms with Crippen LogP contribution in [0.15, 0.2) is 12.1 Å². The highest BCUT2D eigenvalue weighted by atomic mass is 32.1. The number of carbonyl (C=O) groups is 1. The first-order valence-electron chi connectivity index (χ1n) is 6.06. The third-order valence-corrected chi connectivity index (χ3v) is 3.54. The Kier molecular flexibility index (Phi) is 3.64. The summed E-state index contributed by atoms with van der Waals surface area (Å²) in [5, 5.41) is 2.55. The van der Waals surface area contributed by atoms with Crippen molar-refractivity contribution in [3.63, 3.8) is 0 Å². The average molecular weight is 299 g/mol. The zero-order chi connectivity index (χ0) is 15.1. The van der Waals surface area contributed by atoms with Gasteiger partial charge < -0.3 is 14.9 Å². The fourth-order valence-corrected chi connectivity index (χ4v) is 2.41. The second-order valence-electron chi connectivity index (χ2n) is 5.24. The standard InChI is InChI=1S/C13H15F2N3OS/c1-13(2,11(19)16-3)6-18-10-8(17-12(18)20)5-4-7(14)9(10)15/h4-5H,6H2,1-3H3,(H,16,19)(H,17,20). The highest BCUT2D eigenvalue weighted by Crippen LogP contribution is 2.25. The molecule has 0 radical (unpaired) electrons. The highest BCUT2D eigenvalue weighted by molar-refractivity contribution is 7.71. The van der Waals surface area contributed by atoms with Crippen LogP contribution in [0.2, 0.25) is 0 Å². The van der Waals surface area contributed by atoms with E-state index in [1.807, 2.05) is 0 Å². The van der Waals surface area contributed by atoms with Gasteiger partial charge in [0, 0.05) is 13.6 Å². The molecule has 1 aromatic heterocycles. The molecule has 2 aromatic rings. The molecule has 0 fully saturated rings. The smallest absolute Gasteiger partial charge is 0.227 e. The van der Waals surface area contributed by atoms with Gasteiger partial charge in [0.05, 0.1) is 10.9 Å². The first-order chi connectivity index (χ1) is 9.27. The lowest BCUT2D eigenvalue weighted by molar-refractivity contribution is -0.129. The monoisotopic (exact) mass is 299 g/mol. The summed E-state index contributed by atoms with van der Waals surface area (Å²) >= 11 is 5.13. The first kappa shape index (κ1) is 14.6. The number of rotatable bonds is 3. The molecule has 0 aliphatic heterocycles. The number of fused-ring (bicyclic) bond motifs is 1. The van der Waals surface area contributed by atoms with E-state index in [2.05, 4.69) is 10.3 Å². The van der Waals surface area contributed by atoms with Gasteiger partial charge in [0.2, 0.25) is 5.91 Å². The van der Waals surface area contributed by atoms with Crippen molar-refractivity contribution in [1.82, 2.24) is 14.9 Å². The maximum absolute atomic E-state index is 14.0. The Morgan fingerprint density at radius 1 is 1.45 bits per heavy atom. The molecule has 2 rings (SSSR count). The summed E-state index contributed by atoms with van der Waals surface area (Å²) in [7, 11) is 1.53. The minimum absolute atomic E-state index is 0.0481. The van der Waals surface area contributed by atoms with Crippen LogP contribution in [0.25, 0.3) is 11.0 Å². The Balaban J connectivity index is 2.61. The zero-order valence-electron chi connectivity index (χ0n) is 11.4. The van der Waals surface area contributed by atoms with Crippen LogP contribution in [0.5, 0.6) is 0 Å². The van der Waals surface area contributed by atoms with Crippen molar-refractivity contribution < 1.29 is 13.6 Å². The van der Waals surface area contributed by atoms with Crippen LogP contribution in [0.1, 0.15) is 13.8 Å². The fraction of sp³-hybridized carbons (Fsp3) is 0.385. The zero-order valence-corrected chi connectivity index (χ0v) is 12.2. The van der Waals surface area contributed by atoms with E-state index in [1.54, 1.807) is 13.8 Å². The van der Waals surface area contributed by atoms with Gasteiger partial charge in [0.25, 0.3) is 0 Å². The van der Waals surface area contributed by atoms with Crippen molar-refractivity contribution in [2.24, 2.45) is 5.41 Å². The lowest BCUT2D eigenvalue weighted by Gasteiger charge is -2.23. The second-order valence-corrected chi connectivity index (χ2v) is 5.62. The van der Waals surface area contributed by atoms with Crippen molar-refractivity contribution in [2.45, 2.75) is 20.4 Å². The Morgan fingerprint density at radius 3 is 2.70 bits per heavy atom. The number of hydrogen-bond acceptors (Lipinski definition) is 2. The number of carbonyl (C=O) groups excluding carboxylic acids is 1. The molecule has 0 saturated carbocycles. The van der Waals surface area contributed by atoms with E-state index in [9.17, 15) is 13.6 Å². The highest BCUT2D eigenvalue weighted by Gasteiger charge is 2.29. The molecule has 0 aliphatic rings. The van der Waals surface area contributed by atoms with Crippen LogP contribution in [-0.4, -0.2) is 22.5 Å². The summed E-state index contributed by atoms with van der Waals surface area (Å²) in [5.41, 5.74) is -0.352. The lowest BCUT2D eigenvalue weighted by Crippen LogP contribution is -2.37. The van der Waals surface area contributed by atoms with E-state index in [4.69, 9.17) is 12.2 Å². The number of hydrogen-bond donors (Lipinski definition) is 2. The maximum atomic E-state index is 14.0. The predicted molar refractivity (Wildman–Crippen MR) is 74.9 cm³/mol. The van der Waals surface area contributed by atoms with Gasteiger partial charge in [-0.3, -0.25) is 4.79 Å². The molecule has 2 N–H and O–H groups in total. The normalized spacial score (nSPS) is 11.8. The molecule has 1 heterocycles. The molecule has 7 heteroatoms. The summed E-state index contributed by atoms with van der Waals surface area (Å²) in [6.07, 6.45) is 0. The van der Waals surface area contributed by atoms with Gasteiger partial charge >= 0.3 is 0 Å². The third-order valence-electron chi connectivity index (χ3n) is 3.22. The number of nitrogens with zero attached hydrogens (tertiary/aromatic N) is 1. The van der Waals surface area contributed by atoms with Crippen molar-refractivity contribution in [3.8, 4) is 0 Å². The van der Waals surface area contributed by atoms with E-state index in [1.165, 1.54) is 17.7 Å². The minimum atomic E-state index is -0.970. The van der Waals surface area contributed by atoms with Gasteiger partial charge in [0.1, 0.15) is 5.52 Å². The number of imidazole rings is 1. The molecule has 1 aromatic carbocycles. The minimum Gasteiger partial charge on any atom is -0.359 e. The van der Waals surface area contributed by atoms with Crippen LogP contribution in [0.3, 0.4) is 0 Å². The largest absolute Gasteiger partial charge is 0.359 e. The van der Waals surface area contributed by atoms with E-state index in [0.717, 1.165) is 6.07 Å². The number of benzene rings is 1. The Morgan fingerprint density at radius 2 is 2.10 bits per heavy atom. The average Bonchev–Trinajstić information content (AvgIpc) is 2.70. The number of H-pyrrole nitrogens is 1. The Labute approximate surface area is 119 Å². The van der Waals surface area contributed by atoms with E-state index in [-0.39, 0.29) is 22.7 Å². The quantitative estimate of drug-likeness (QED) is 0.856. The van der Waals surface area contributed by atoms with Crippen LogP contribution in [0.4, 0.5) is 8.78 Å². The van der Waals surface area contributed by atoms with Crippen LogP contribution in [0, 0.1) is 21.8 Å². The molecule has 0 saturated heterocycles. The summed E-state index contributed by atoms with van der Waals surface area (Å²) in [5.74, 6) is -2.12. The summed E-state index contributed by atoms with van der Waals surface area (Å²) in [6, 6.07) is 2.46. The molecule has 4 nitrogen and oxygen atoms in total. The lowest BCUT2D eigenvalue weighted by atomic mass is 9.92. The molecule has 0 aliphatic carbocycles. The molecule has 0 bridgehead atoms. The summed E-state index contributed by atoms with van der Waals surface area (Å²) in [6.45, 7) is 3.57. The molecule has 108 valence electrons. The van der Waals surface area contributed by atoms with Gasteiger partial charge in [-0.2, -0.15) is 0 Å². The van der Waals surface area contributed by atoms with Gasteiger partial charge in [0.15, 0.2) is 16.4 Å². The molecule has 0 atom stereocenters. The fourth-order valence-electron chi connectivity index (χ4n) is 2.15. The van der Waals surface area contributed by atoms with Crippen molar-refractivity contribution in [3.05, 3.63) is 28.5 Å². The van der Waals surface area contributed by atoms with Crippen LogP contribution < -0.4 is 5.32 Å². The van der Waals surface area contributed by atoms with Crippen molar-refractivity contribution >= 4 is 29.2 Å². The number of aromatic nitrogens is 2. The number of aromatic amines is 1. The van der Waals surface area contributed by atoms with E-state index < -0.39 is 17.0 Å². The Hall–Kier alpha value is -1.76. The molecular weight excluding hydrogens is 284 g/mol. The van der Waals surface area contributed by atoms with Crippen LogP contribution >= 0.6 is 12.2 Å². The first-order valence-corrected chi connectivity index (χ1v) is 6.47. The molecule has 0 spiro atoms. The molecule has 0 unspecified atom stereocenters. The van der Waals surface area contributed by atoms with Crippen molar-refractivity contribution in [1.29, 1.82) is 0 Å². The maximum Gasteiger partial charge on any atom is 0.227 e. The topological polar surface area (TPSA) is 49.8 Å². The van der Waals surface area contributed by atoms with Crippen LogP contribution in [-0.2, 0) is 11.3 Å². The summed E-state index contributed by atoms with van der Waals surface area (Å²) in [4.78, 5) is 14.6. The number of halogens is 2. The predicted octanol–water partition coefficient (Wildman–Crippen LogP) is 2.75. The molecule has 1 amide bonds. The number of nitrogens with one attached hydrogen (secondary N) is 2. The van der Waals surface area contributed by atoms with Crippen molar-refractivity contribution in [2.75, 3.05) is 7.05 Å².